The first-order valence-electron chi connectivity index (χ1n) is 7.14. The minimum atomic E-state index is -0.413. The van der Waals surface area contributed by atoms with E-state index in [1.807, 2.05) is 21.0 Å². The predicted molar refractivity (Wildman–Crippen MR) is 84.7 cm³/mol. The van der Waals surface area contributed by atoms with Crippen molar-refractivity contribution in [2.75, 3.05) is 51.3 Å². The van der Waals surface area contributed by atoms with Crippen molar-refractivity contribution < 1.29 is 9.18 Å². The molecular weight excluding hydrogens is 271 g/mol. The molecule has 118 valence electrons. The lowest BCUT2D eigenvalue weighted by atomic mass is 10.2. The van der Waals surface area contributed by atoms with Gasteiger partial charge in [-0.1, -0.05) is 6.92 Å². The van der Waals surface area contributed by atoms with Gasteiger partial charge in [0.15, 0.2) is 0 Å². The van der Waals surface area contributed by atoms with E-state index in [0.29, 0.717) is 12.2 Å². The Hall–Kier alpha value is -1.66. The highest BCUT2D eigenvalue weighted by molar-refractivity contribution is 5.95. The van der Waals surface area contributed by atoms with E-state index in [0.717, 1.165) is 26.1 Å². The molecule has 0 spiro atoms. The van der Waals surface area contributed by atoms with Crippen LogP contribution in [0, 0.1) is 5.82 Å². The quantitative estimate of drug-likeness (QED) is 0.716. The summed E-state index contributed by atoms with van der Waals surface area (Å²) >= 11 is 0. The highest BCUT2D eigenvalue weighted by atomic mass is 19.1. The second-order valence-electron chi connectivity index (χ2n) is 5.31. The fourth-order valence-corrected chi connectivity index (χ4v) is 2.00. The van der Waals surface area contributed by atoms with Gasteiger partial charge in [-0.3, -0.25) is 9.69 Å². The molecular formula is C15H25FN4O. The van der Waals surface area contributed by atoms with E-state index >= 15 is 0 Å². The summed E-state index contributed by atoms with van der Waals surface area (Å²) in [5.41, 5.74) is 6.36. The third-order valence-electron chi connectivity index (χ3n) is 3.18. The van der Waals surface area contributed by atoms with Gasteiger partial charge in [-0.05, 0) is 58.3 Å². The second-order valence-corrected chi connectivity index (χ2v) is 5.31. The molecule has 0 atom stereocenters. The van der Waals surface area contributed by atoms with Gasteiger partial charge in [0, 0.05) is 0 Å². The number of hydrogen-bond acceptors (Lipinski definition) is 4. The number of carbonyl (C=O) groups is 1. The third-order valence-corrected chi connectivity index (χ3v) is 3.18. The lowest BCUT2D eigenvalue weighted by Crippen LogP contribution is -2.35. The normalized spacial score (nSPS) is 11.1. The molecule has 0 fully saturated rings. The van der Waals surface area contributed by atoms with E-state index in [1.54, 1.807) is 0 Å². The minimum absolute atomic E-state index is 0.139. The lowest BCUT2D eigenvalue weighted by molar-refractivity contribution is -0.117. The predicted octanol–water partition coefficient (Wildman–Crippen LogP) is 1.62. The zero-order chi connectivity index (χ0) is 15.8. The zero-order valence-corrected chi connectivity index (χ0v) is 13.0. The van der Waals surface area contributed by atoms with Crippen LogP contribution >= 0.6 is 0 Å². The lowest BCUT2D eigenvalue weighted by Gasteiger charge is -2.21. The maximum Gasteiger partial charge on any atom is 0.238 e. The molecule has 1 aromatic carbocycles. The van der Waals surface area contributed by atoms with Crippen molar-refractivity contribution in [2.24, 2.45) is 0 Å². The van der Waals surface area contributed by atoms with Gasteiger partial charge in [-0.2, -0.15) is 0 Å². The Morgan fingerprint density at radius 1 is 1.33 bits per heavy atom. The van der Waals surface area contributed by atoms with Crippen LogP contribution in [0.5, 0.6) is 0 Å². The fourth-order valence-electron chi connectivity index (χ4n) is 2.00. The maximum atomic E-state index is 12.9. The molecule has 0 heterocycles. The van der Waals surface area contributed by atoms with Crippen molar-refractivity contribution in [1.82, 2.24) is 9.80 Å². The van der Waals surface area contributed by atoms with Crippen LogP contribution in [0.2, 0.25) is 0 Å². The van der Waals surface area contributed by atoms with E-state index in [1.165, 1.54) is 18.2 Å². The number of rotatable bonds is 8. The molecule has 0 bridgehead atoms. The average Bonchev–Trinajstić information content (AvgIpc) is 2.40. The van der Waals surface area contributed by atoms with Crippen molar-refractivity contribution in [3.8, 4) is 0 Å². The summed E-state index contributed by atoms with van der Waals surface area (Å²) in [4.78, 5) is 16.2. The van der Waals surface area contributed by atoms with Crippen LogP contribution in [0.1, 0.15) is 13.3 Å². The number of carbonyl (C=O) groups excluding carboxylic acids is 1. The van der Waals surface area contributed by atoms with Crippen molar-refractivity contribution >= 4 is 17.3 Å². The Morgan fingerprint density at radius 3 is 2.62 bits per heavy atom. The van der Waals surface area contributed by atoms with Crippen LogP contribution in [0.4, 0.5) is 15.8 Å². The van der Waals surface area contributed by atoms with Crippen molar-refractivity contribution in [2.45, 2.75) is 13.3 Å². The average molecular weight is 296 g/mol. The summed E-state index contributed by atoms with van der Waals surface area (Å²) in [5.74, 6) is -0.551. The first kappa shape index (κ1) is 17.4. The molecule has 0 aromatic heterocycles. The number of amides is 1. The smallest absolute Gasteiger partial charge is 0.238 e. The number of hydrogen-bond donors (Lipinski definition) is 2. The van der Waals surface area contributed by atoms with Gasteiger partial charge >= 0.3 is 0 Å². The van der Waals surface area contributed by atoms with E-state index in [4.69, 9.17) is 5.73 Å². The molecule has 0 aliphatic carbocycles. The topological polar surface area (TPSA) is 61.6 Å². The summed E-state index contributed by atoms with van der Waals surface area (Å²) in [6.45, 7) is 4.99. The van der Waals surface area contributed by atoms with Gasteiger partial charge in [0.05, 0.1) is 17.9 Å². The Morgan fingerprint density at radius 2 is 2.05 bits per heavy atom. The van der Waals surface area contributed by atoms with Crippen LogP contribution in [0.15, 0.2) is 18.2 Å². The summed E-state index contributed by atoms with van der Waals surface area (Å²) in [5, 5.41) is 2.72. The number of nitrogen functional groups attached to an aromatic ring is 1. The van der Waals surface area contributed by atoms with Gasteiger partial charge in [0.25, 0.3) is 0 Å². The summed E-state index contributed by atoms with van der Waals surface area (Å²) < 4.78 is 12.9. The standard InChI is InChI=1S/C15H25FN4O/c1-4-20(9-5-8-19(2)3)11-15(21)18-14-7-6-12(16)10-13(14)17/h6-7,10H,4-5,8-9,11,17H2,1-3H3,(H,18,21). The number of benzene rings is 1. The van der Waals surface area contributed by atoms with Crippen LogP contribution in [0.3, 0.4) is 0 Å². The van der Waals surface area contributed by atoms with Gasteiger partial charge in [-0.15, -0.1) is 0 Å². The molecule has 0 saturated heterocycles. The molecule has 1 amide bonds. The summed E-state index contributed by atoms with van der Waals surface area (Å²) in [7, 11) is 4.06. The number of likely N-dealkylation sites (N-methyl/N-ethyl adjacent to an activating group) is 1. The molecule has 3 N–H and O–H groups in total. The van der Waals surface area contributed by atoms with E-state index in [9.17, 15) is 9.18 Å². The minimum Gasteiger partial charge on any atom is -0.397 e. The van der Waals surface area contributed by atoms with Crippen LogP contribution in [-0.4, -0.2) is 56.0 Å². The molecule has 21 heavy (non-hydrogen) atoms. The molecule has 0 aliphatic rings. The van der Waals surface area contributed by atoms with Gasteiger partial charge in [0.1, 0.15) is 5.82 Å². The molecule has 0 aliphatic heterocycles. The largest absolute Gasteiger partial charge is 0.397 e. The van der Waals surface area contributed by atoms with E-state index in [-0.39, 0.29) is 11.6 Å². The molecule has 0 unspecified atom stereocenters. The Labute approximate surface area is 125 Å². The highest BCUT2D eigenvalue weighted by Gasteiger charge is 2.11. The number of halogens is 1. The molecule has 1 aromatic rings. The van der Waals surface area contributed by atoms with Gasteiger partial charge in [-0.25, -0.2) is 4.39 Å². The number of anilines is 2. The molecule has 0 saturated carbocycles. The number of nitrogens with zero attached hydrogens (tertiary/aromatic N) is 2. The van der Waals surface area contributed by atoms with Crippen molar-refractivity contribution in [1.29, 1.82) is 0 Å². The van der Waals surface area contributed by atoms with Crippen molar-refractivity contribution in [3.05, 3.63) is 24.0 Å². The fraction of sp³-hybridized carbons (Fsp3) is 0.533. The SMILES string of the molecule is CCN(CCCN(C)C)CC(=O)Nc1ccc(F)cc1N. The summed E-state index contributed by atoms with van der Waals surface area (Å²) in [6.07, 6.45) is 1.01. The molecule has 6 heteroatoms. The van der Waals surface area contributed by atoms with Gasteiger partial charge in [0.2, 0.25) is 5.91 Å². The number of nitrogens with one attached hydrogen (secondary N) is 1. The maximum absolute atomic E-state index is 12.9. The Kier molecular flexibility index (Phi) is 7.11. The summed E-state index contributed by atoms with van der Waals surface area (Å²) in [6, 6.07) is 3.95. The van der Waals surface area contributed by atoms with E-state index in [2.05, 4.69) is 15.1 Å². The first-order valence-corrected chi connectivity index (χ1v) is 7.14. The molecule has 0 radical (unpaired) electrons. The Bertz CT molecular complexity index is 465. The van der Waals surface area contributed by atoms with E-state index < -0.39 is 5.82 Å². The highest BCUT2D eigenvalue weighted by Crippen LogP contribution is 2.18. The monoisotopic (exact) mass is 296 g/mol. The molecule has 1 rings (SSSR count). The zero-order valence-electron chi connectivity index (χ0n) is 13.0. The first-order chi connectivity index (χ1) is 9.92. The third kappa shape index (κ3) is 6.55. The molecule has 5 nitrogen and oxygen atoms in total. The van der Waals surface area contributed by atoms with Crippen molar-refractivity contribution in [3.63, 3.8) is 0 Å². The number of nitrogens with two attached hydrogens (primary N) is 1. The van der Waals surface area contributed by atoms with Crippen LogP contribution < -0.4 is 11.1 Å². The van der Waals surface area contributed by atoms with Crippen LogP contribution in [0.25, 0.3) is 0 Å². The second kappa shape index (κ2) is 8.59. The van der Waals surface area contributed by atoms with Gasteiger partial charge < -0.3 is 16.0 Å². The van der Waals surface area contributed by atoms with Crippen LogP contribution in [-0.2, 0) is 4.79 Å². The Balaban J connectivity index is 2.47.